The van der Waals surface area contributed by atoms with Crippen molar-refractivity contribution in [1.29, 1.82) is 0 Å². The van der Waals surface area contributed by atoms with Crippen molar-refractivity contribution in [1.82, 2.24) is 10.0 Å². The average Bonchev–Trinajstić information content (AvgIpc) is 2.75. The van der Waals surface area contributed by atoms with E-state index in [0.29, 0.717) is 22.9 Å². The molecule has 0 spiro atoms. The van der Waals surface area contributed by atoms with Crippen molar-refractivity contribution in [2.75, 3.05) is 6.61 Å². The van der Waals surface area contributed by atoms with Crippen LogP contribution in [0.3, 0.4) is 0 Å². The van der Waals surface area contributed by atoms with E-state index in [0.717, 1.165) is 5.06 Å². The Morgan fingerprint density at radius 2 is 2.21 bits per heavy atom. The number of aromatic nitrogens is 1. The first-order valence-corrected chi connectivity index (χ1v) is 6.70. The van der Waals surface area contributed by atoms with Crippen LogP contribution in [0.1, 0.15) is 42.4 Å². The van der Waals surface area contributed by atoms with Gasteiger partial charge in [-0.2, -0.15) is 0 Å². The third-order valence-electron chi connectivity index (χ3n) is 1.83. The first-order valence-electron chi connectivity index (χ1n) is 5.88. The summed E-state index contributed by atoms with van der Waals surface area (Å²) in [5, 5.41) is 1.77. The first kappa shape index (κ1) is 15.6. The van der Waals surface area contributed by atoms with Crippen LogP contribution in [-0.2, 0) is 20.9 Å². The van der Waals surface area contributed by atoms with E-state index >= 15 is 0 Å². The molecule has 1 rings (SSSR count). The van der Waals surface area contributed by atoms with Crippen molar-refractivity contribution < 1.29 is 19.2 Å². The molecule has 7 heteroatoms. The summed E-state index contributed by atoms with van der Waals surface area (Å²) in [4.78, 5) is 32.3. The molecule has 0 radical (unpaired) electrons. The molecule has 0 aromatic carbocycles. The number of hydrogen-bond donors (Lipinski definition) is 0. The van der Waals surface area contributed by atoms with Gasteiger partial charge in [-0.15, -0.1) is 11.3 Å². The van der Waals surface area contributed by atoms with Gasteiger partial charge in [0.1, 0.15) is 16.4 Å². The zero-order valence-corrected chi connectivity index (χ0v) is 12.3. The lowest BCUT2D eigenvalue weighted by molar-refractivity contribution is -0.220. The summed E-state index contributed by atoms with van der Waals surface area (Å²) in [5.74, 6) is -0.402. The third kappa shape index (κ3) is 5.35. The Morgan fingerprint density at radius 1 is 1.53 bits per heavy atom. The van der Waals surface area contributed by atoms with Gasteiger partial charge in [-0.25, -0.2) is 14.8 Å². The second-order valence-corrected chi connectivity index (χ2v) is 5.84. The molecule has 0 aliphatic rings. The quantitative estimate of drug-likeness (QED) is 0.454. The fourth-order valence-corrected chi connectivity index (χ4v) is 2.05. The minimum Gasteiger partial charge on any atom is -0.462 e. The summed E-state index contributed by atoms with van der Waals surface area (Å²) in [6.45, 7) is 7.79. The average molecular weight is 286 g/mol. The van der Waals surface area contributed by atoms with E-state index < -0.39 is 11.6 Å². The summed E-state index contributed by atoms with van der Waals surface area (Å²) >= 11 is 1.18. The summed E-state index contributed by atoms with van der Waals surface area (Å²) < 4.78 is 4.87. The lowest BCUT2D eigenvalue weighted by Crippen LogP contribution is -2.32. The van der Waals surface area contributed by atoms with Crippen molar-refractivity contribution >= 4 is 23.7 Å². The summed E-state index contributed by atoms with van der Waals surface area (Å²) in [6.07, 6.45) is 2.04. The Labute approximate surface area is 116 Å². The van der Waals surface area contributed by atoms with Crippen molar-refractivity contribution in [3.8, 4) is 0 Å². The van der Waals surface area contributed by atoms with Crippen LogP contribution in [0.2, 0.25) is 0 Å². The summed E-state index contributed by atoms with van der Waals surface area (Å²) in [6, 6.07) is 0. The fraction of sp³-hybridized carbons (Fsp3) is 0.583. The molecule has 1 aromatic heterocycles. The molecule has 0 aliphatic carbocycles. The Bertz CT molecular complexity index is 439. The van der Waals surface area contributed by atoms with Crippen molar-refractivity contribution in [2.24, 2.45) is 0 Å². The Balaban J connectivity index is 2.66. The maximum absolute atomic E-state index is 11.5. The highest BCUT2D eigenvalue weighted by Gasteiger charge is 2.18. The molecule has 0 unspecified atom stereocenters. The van der Waals surface area contributed by atoms with Crippen LogP contribution in [0.4, 0.5) is 0 Å². The van der Waals surface area contributed by atoms with E-state index in [1.165, 1.54) is 17.5 Å². The lowest BCUT2D eigenvalue weighted by atomic mass is 10.2. The van der Waals surface area contributed by atoms with Crippen LogP contribution in [0.5, 0.6) is 0 Å². The van der Waals surface area contributed by atoms with Gasteiger partial charge in [0.15, 0.2) is 0 Å². The molecule has 0 saturated heterocycles. The molecule has 0 N–H and O–H groups in total. The lowest BCUT2D eigenvalue weighted by Gasteiger charge is -2.25. The van der Waals surface area contributed by atoms with Crippen LogP contribution in [0.25, 0.3) is 0 Å². The van der Waals surface area contributed by atoms with Crippen LogP contribution in [0.15, 0.2) is 6.20 Å². The normalized spacial score (nSPS) is 11.2. The smallest absolute Gasteiger partial charge is 0.349 e. The number of hydrogen-bond acceptors (Lipinski definition) is 6. The predicted octanol–water partition coefficient (Wildman–Crippen LogP) is 2.01. The SMILES string of the molecule is CCOC(=O)c1cnc(CN(C=O)OC(C)(C)C)s1. The number of nitrogens with zero attached hydrogens (tertiary/aromatic N) is 2. The van der Waals surface area contributed by atoms with E-state index in [1.807, 2.05) is 20.8 Å². The Hall–Kier alpha value is -1.47. The highest BCUT2D eigenvalue weighted by molar-refractivity contribution is 7.13. The number of amides is 1. The molecule has 0 aliphatic heterocycles. The molecule has 0 atom stereocenters. The number of thiazole rings is 1. The monoisotopic (exact) mass is 286 g/mol. The topological polar surface area (TPSA) is 68.7 Å². The molecular formula is C12H18N2O4S. The second-order valence-electron chi connectivity index (χ2n) is 4.72. The van der Waals surface area contributed by atoms with E-state index in [4.69, 9.17) is 9.57 Å². The van der Waals surface area contributed by atoms with Crippen molar-refractivity contribution in [2.45, 2.75) is 39.8 Å². The minimum atomic E-state index is -0.470. The number of carbonyl (C=O) groups is 2. The van der Waals surface area contributed by atoms with Gasteiger partial charge in [0, 0.05) is 0 Å². The maximum atomic E-state index is 11.5. The maximum Gasteiger partial charge on any atom is 0.349 e. The largest absolute Gasteiger partial charge is 0.462 e. The van der Waals surface area contributed by atoms with Gasteiger partial charge in [-0.3, -0.25) is 9.63 Å². The van der Waals surface area contributed by atoms with Crippen LogP contribution in [0, 0.1) is 0 Å². The number of carbonyl (C=O) groups excluding carboxylic acids is 2. The molecule has 0 fully saturated rings. The molecule has 1 aromatic rings. The Morgan fingerprint density at radius 3 is 2.74 bits per heavy atom. The number of rotatable bonds is 6. The number of ether oxygens (including phenoxy) is 1. The molecule has 0 saturated carbocycles. The summed E-state index contributed by atoms with van der Waals surface area (Å²) in [7, 11) is 0. The van der Waals surface area contributed by atoms with Crippen LogP contribution >= 0.6 is 11.3 Å². The van der Waals surface area contributed by atoms with Gasteiger partial charge in [0.25, 0.3) is 0 Å². The molecular weight excluding hydrogens is 268 g/mol. The Kier molecular flexibility index (Phi) is 5.44. The highest BCUT2D eigenvalue weighted by atomic mass is 32.1. The van der Waals surface area contributed by atoms with Gasteiger partial charge >= 0.3 is 5.97 Å². The van der Waals surface area contributed by atoms with Gasteiger partial charge in [-0.05, 0) is 27.7 Å². The zero-order valence-electron chi connectivity index (χ0n) is 11.5. The predicted molar refractivity (Wildman–Crippen MR) is 70.5 cm³/mol. The number of hydroxylamine groups is 2. The summed E-state index contributed by atoms with van der Waals surface area (Å²) in [5.41, 5.74) is -0.470. The molecule has 106 valence electrons. The fourth-order valence-electron chi connectivity index (χ4n) is 1.26. The van der Waals surface area contributed by atoms with E-state index in [1.54, 1.807) is 6.92 Å². The highest BCUT2D eigenvalue weighted by Crippen LogP contribution is 2.17. The first-order chi connectivity index (χ1) is 8.85. The molecule has 6 nitrogen and oxygen atoms in total. The second kappa shape index (κ2) is 6.63. The molecule has 1 heterocycles. The van der Waals surface area contributed by atoms with Gasteiger partial charge < -0.3 is 4.74 Å². The van der Waals surface area contributed by atoms with Crippen molar-refractivity contribution in [3.63, 3.8) is 0 Å². The number of esters is 1. The minimum absolute atomic E-state index is 0.199. The van der Waals surface area contributed by atoms with E-state index in [-0.39, 0.29) is 6.54 Å². The van der Waals surface area contributed by atoms with E-state index in [9.17, 15) is 9.59 Å². The molecule has 1 amide bonds. The molecule has 19 heavy (non-hydrogen) atoms. The van der Waals surface area contributed by atoms with Crippen LogP contribution in [-0.4, -0.2) is 34.6 Å². The van der Waals surface area contributed by atoms with Gasteiger partial charge in [0.2, 0.25) is 6.41 Å². The van der Waals surface area contributed by atoms with Gasteiger partial charge in [-0.1, -0.05) is 0 Å². The third-order valence-corrected chi connectivity index (χ3v) is 2.79. The van der Waals surface area contributed by atoms with E-state index in [2.05, 4.69) is 4.98 Å². The van der Waals surface area contributed by atoms with Gasteiger partial charge in [0.05, 0.1) is 18.4 Å². The zero-order chi connectivity index (χ0) is 14.5. The standard InChI is InChI=1S/C12H18N2O4S/c1-5-17-11(16)9-6-13-10(19-9)7-14(8-15)18-12(2,3)4/h6,8H,5,7H2,1-4H3. The van der Waals surface area contributed by atoms with Crippen LogP contribution < -0.4 is 0 Å². The molecule has 0 bridgehead atoms. The van der Waals surface area contributed by atoms with Crippen molar-refractivity contribution in [3.05, 3.63) is 16.1 Å².